The molecule has 2 atom stereocenters. The molecule has 1 aliphatic heterocycles. The van der Waals surface area contributed by atoms with E-state index >= 15 is 0 Å². The Labute approximate surface area is 115 Å². The molecule has 0 saturated carbocycles. The lowest BCUT2D eigenvalue weighted by atomic mass is 9.98. The molecule has 18 heavy (non-hydrogen) atoms. The maximum atomic E-state index is 6.29. The van der Waals surface area contributed by atoms with Crippen LogP contribution in [0, 0.1) is 5.92 Å². The normalized spacial score (nSPS) is 28.3. The van der Waals surface area contributed by atoms with Crippen molar-refractivity contribution in [1.82, 2.24) is 4.90 Å². The maximum Gasteiger partial charge on any atom is 0.0386 e. The fourth-order valence-electron chi connectivity index (χ4n) is 3.33. The fraction of sp³-hybridized carbons (Fsp3) is 0.625. The number of likely N-dealkylation sites (tertiary alicyclic amines) is 1. The number of alkyl halides is 1. The van der Waals surface area contributed by atoms with Gasteiger partial charge in [-0.25, -0.2) is 0 Å². The lowest BCUT2D eigenvalue weighted by Crippen LogP contribution is -2.39. The Bertz CT molecular complexity index is 429. The van der Waals surface area contributed by atoms with Crippen molar-refractivity contribution in [1.29, 1.82) is 0 Å². The molecule has 0 radical (unpaired) electrons. The second-order valence-electron chi connectivity index (χ2n) is 5.97. The molecule has 1 aromatic rings. The van der Waals surface area contributed by atoms with E-state index < -0.39 is 0 Å². The highest BCUT2D eigenvalue weighted by Crippen LogP contribution is 2.26. The monoisotopic (exact) mass is 263 g/mol. The Morgan fingerprint density at radius 2 is 2.11 bits per heavy atom. The Morgan fingerprint density at radius 3 is 2.94 bits per heavy atom. The summed E-state index contributed by atoms with van der Waals surface area (Å²) in [6.45, 7) is 5.66. The van der Waals surface area contributed by atoms with Crippen LogP contribution in [0.3, 0.4) is 0 Å². The first-order valence-electron chi connectivity index (χ1n) is 7.19. The van der Waals surface area contributed by atoms with Crippen molar-refractivity contribution in [3.05, 3.63) is 34.9 Å². The number of halogens is 1. The molecule has 0 aromatic heterocycles. The van der Waals surface area contributed by atoms with Crippen molar-refractivity contribution in [3.63, 3.8) is 0 Å². The van der Waals surface area contributed by atoms with Crippen LogP contribution in [0.25, 0.3) is 0 Å². The molecule has 98 valence electrons. The molecular formula is C16H22ClN. The Morgan fingerprint density at radius 1 is 1.28 bits per heavy atom. The van der Waals surface area contributed by atoms with E-state index in [-0.39, 0.29) is 0 Å². The van der Waals surface area contributed by atoms with Crippen LogP contribution in [-0.2, 0) is 19.4 Å². The van der Waals surface area contributed by atoms with Crippen LogP contribution < -0.4 is 0 Å². The van der Waals surface area contributed by atoms with E-state index in [2.05, 4.69) is 30.0 Å². The van der Waals surface area contributed by atoms with Gasteiger partial charge < -0.3 is 0 Å². The number of rotatable bonds is 2. The third-order valence-electron chi connectivity index (χ3n) is 4.45. The Balaban J connectivity index is 1.66. The first-order chi connectivity index (χ1) is 8.72. The molecular weight excluding hydrogens is 242 g/mol. The summed E-state index contributed by atoms with van der Waals surface area (Å²) in [7, 11) is 0. The number of benzene rings is 1. The van der Waals surface area contributed by atoms with Crippen molar-refractivity contribution < 1.29 is 0 Å². The highest BCUT2D eigenvalue weighted by atomic mass is 35.5. The van der Waals surface area contributed by atoms with Crippen LogP contribution >= 0.6 is 11.6 Å². The van der Waals surface area contributed by atoms with E-state index in [1.807, 2.05) is 0 Å². The molecule has 2 aliphatic rings. The van der Waals surface area contributed by atoms with Gasteiger partial charge in [-0.3, -0.25) is 4.90 Å². The summed E-state index contributed by atoms with van der Waals surface area (Å²) in [5, 5.41) is 0.376. The molecule has 2 unspecified atom stereocenters. The first kappa shape index (κ1) is 12.5. The van der Waals surface area contributed by atoms with Crippen molar-refractivity contribution >= 4 is 11.6 Å². The Hall–Kier alpha value is -0.530. The number of piperidine rings is 1. The topological polar surface area (TPSA) is 3.24 Å². The molecule has 1 nitrogen and oxygen atoms in total. The van der Waals surface area contributed by atoms with Gasteiger partial charge in [0.2, 0.25) is 0 Å². The van der Waals surface area contributed by atoms with E-state index in [1.165, 1.54) is 24.8 Å². The third kappa shape index (κ3) is 2.57. The number of hydrogen-bond donors (Lipinski definition) is 0. The standard InChI is InChI=1S/C16H22ClN/c1-12-10-18(8-7-16(12)17)11-13-5-6-14-3-2-4-15(14)9-13/h5-6,9,12,16H,2-4,7-8,10-11H2,1H3. The summed E-state index contributed by atoms with van der Waals surface area (Å²) in [4.78, 5) is 2.56. The van der Waals surface area contributed by atoms with Crippen molar-refractivity contribution in [2.45, 2.75) is 44.5 Å². The van der Waals surface area contributed by atoms with Gasteiger partial charge >= 0.3 is 0 Å². The first-order valence-corrected chi connectivity index (χ1v) is 7.63. The van der Waals surface area contributed by atoms with Gasteiger partial charge in [-0.05, 0) is 54.8 Å². The molecule has 2 heteroatoms. The number of hydrogen-bond acceptors (Lipinski definition) is 1. The minimum atomic E-state index is 0.376. The molecule has 1 aliphatic carbocycles. The predicted molar refractivity (Wildman–Crippen MR) is 77.2 cm³/mol. The van der Waals surface area contributed by atoms with Gasteiger partial charge in [-0.1, -0.05) is 25.1 Å². The average Bonchev–Trinajstić information content (AvgIpc) is 2.81. The van der Waals surface area contributed by atoms with Crippen molar-refractivity contribution in [2.24, 2.45) is 5.92 Å². The summed E-state index contributed by atoms with van der Waals surface area (Å²) in [5.74, 6) is 0.620. The van der Waals surface area contributed by atoms with Crippen LogP contribution in [0.4, 0.5) is 0 Å². The molecule has 1 saturated heterocycles. The molecule has 3 rings (SSSR count). The van der Waals surface area contributed by atoms with Gasteiger partial charge in [0.15, 0.2) is 0 Å². The van der Waals surface area contributed by atoms with E-state index in [1.54, 1.807) is 11.1 Å². The van der Waals surface area contributed by atoms with Gasteiger partial charge in [0.1, 0.15) is 0 Å². The zero-order valence-corrected chi connectivity index (χ0v) is 11.9. The van der Waals surface area contributed by atoms with E-state index in [4.69, 9.17) is 11.6 Å². The molecule has 0 amide bonds. The zero-order chi connectivity index (χ0) is 12.5. The molecule has 1 heterocycles. The lowest BCUT2D eigenvalue weighted by Gasteiger charge is -2.34. The maximum absolute atomic E-state index is 6.29. The molecule has 0 N–H and O–H groups in total. The van der Waals surface area contributed by atoms with Gasteiger partial charge in [0.25, 0.3) is 0 Å². The summed E-state index contributed by atoms with van der Waals surface area (Å²) >= 11 is 6.29. The van der Waals surface area contributed by atoms with Crippen LogP contribution in [0.2, 0.25) is 0 Å². The second kappa shape index (κ2) is 5.22. The van der Waals surface area contributed by atoms with E-state index in [0.29, 0.717) is 11.3 Å². The summed E-state index contributed by atoms with van der Waals surface area (Å²) < 4.78 is 0. The van der Waals surface area contributed by atoms with Gasteiger partial charge in [-0.2, -0.15) is 0 Å². The highest BCUT2D eigenvalue weighted by molar-refractivity contribution is 6.20. The SMILES string of the molecule is CC1CN(Cc2ccc3c(c2)CCC3)CCC1Cl. The summed E-state index contributed by atoms with van der Waals surface area (Å²) in [5.41, 5.74) is 4.65. The van der Waals surface area contributed by atoms with Gasteiger partial charge in [0, 0.05) is 18.5 Å². The highest BCUT2D eigenvalue weighted by Gasteiger charge is 2.24. The third-order valence-corrected chi connectivity index (χ3v) is 5.10. The summed E-state index contributed by atoms with van der Waals surface area (Å²) in [6, 6.07) is 7.09. The van der Waals surface area contributed by atoms with Crippen molar-refractivity contribution in [3.8, 4) is 0 Å². The quantitative estimate of drug-likeness (QED) is 0.737. The van der Waals surface area contributed by atoms with Crippen LogP contribution in [0.1, 0.15) is 36.5 Å². The molecule has 0 spiro atoms. The largest absolute Gasteiger partial charge is 0.299 e. The molecule has 0 bridgehead atoms. The van der Waals surface area contributed by atoms with Crippen molar-refractivity contribution in [2.75, 3.05) is 13.1 Å². The molecule has 1 aromatic carbocycles. The Kier molecular flexibility index (Phi) is 3.63. The smallest absolute Gasteiger partial charge is 0.0386 e. The van der Waals surface area contributed by atoms with Crippen LogP contribution in [-0.4, -0.2) is 23.4 Å². The predicted octanol–water partition coefficient (Wildman–Crippen LogP) is 3.62. The summed E-state index contributed by atoms with van der Waals surface area (Å²) in [6.07, 6.45) is 5.04. The number of nitrogens with zero attached hydrogens (tertiary/aromatic N) is 1. The average molecular weight is 264 g/mol. The zero-order valence-electron chi connectivity index (χ0n) is 11.2. The van der Waals surface area contributed by atoms with Gasteiger partial charge in [-0.15, -0.1) is 11.6 Å². The second-order valence-corrected chi connectivity index (χ2v) is 6.53. The fourth-order valence-corrected chi connectivity index (χ4v) is 3.51. The molecule has 1 fully saturated rings. The minimum absolute atomic E-state index is 0.376. The minimum Gasteiger partial charge on any atom is -0.299 e. The lowest BCUT2D eigenvalue weighted by molar-refractivity contribution is 0.180. The number of aryl methyl sites for hydroxylation is 2. The van der Waals surface area contributed by atoms with Crippen LogP contribution in [0.5, 0.6) is 0 Å². The van der Waals surface area contributed by atoms with Gasteiger partial charge in [0.05, 0.1) is 0 Å². The van der Waals surface area contributed by atoms with E-state index in [0.717, 1.165) is 26.1 Å². The number of fused-ring (bicyclic) bond motifs is 1. The van der Waals surface area contributed by atoms with Crippen LogP contribution in [0.15, 0.2) is 18.2 Å². The van der Waals surface area contributed by atoms with E-state index in [9.17, 15) is 0 Å².